The number of anilines is 1. The summed E-state index contributed by atoms with van der Waals surface area (Å²) in [7, 11) is -3.76. The summed E-state index contributed by atoms with van der Waals surface area (Å²) in [5.74, 6) is -1.04. The molecule has 0 aliphatic rings. The standard InChI is InChI=1S/C18H21N3O4S/c1-3-21(26(24,25)16-10-4-13(2)5-11-16)12-17(22)20-15-8-6-14(7-9-15)18(19)23/h4-11H,3,12H2,1-2H3,(H2,19,23)(H,20,22). The van der Waals surface area contributed by atoms with E-state index in [-0.39, 0.29) is 18.0 Å². The Morgan fingerprint density at radius 2 is 1.62 bits per heavy atom. The summed E-state index contributed by atoms with van der Waals surface area (Å²) in [5.41, 5.74) is 6.88. The highest BCUT2D eigenvalue weighted by molar-refractivity contribution is 7.89. The predicted molar refractivity (Wildman–Crippen MR) is 99.2 cm³/mol. The zero-order valence-electron chi connectivity index (χ0n) is 14.6. The number of carbonyl (C=O) groups is 2. The first-order valence-electron chi connectivity index (χ1n) is 8.00. The second-order valence-electron chi connectivity index (χ2n) is 5.73. The maximum Gasteiger partial charge on any atom is 0.248 e. The minimum atomic E-state index is -3.76. The van der Waals surface area contributed by atoms with Crippen LogP contribution in [-0.4, -0.2) is 37.6 Å². The van der Waals surface area contributed by atoms with Gasteiger partial charge < -0.3 is 11.1 Å². The van der Waals surface area contributed by atoms with Gasteiger partial charge in [-0.05, 0) is 43.3 Å². The van der Waals surface area contributed by atoms with E-state index in [0.29, 0.717) is 11.3 Å². The van der Waals surface area contributed by atoms with Gasteiger partial charge in [0.15, 0.2) is 0 Å². The van der Waals surface area contributed by atoms with Gasteiger partial charge in [0.25, 0.3) is 0 Å². The molecule has 0 saturated heterocycles. The molecule has 0 aliphatic heterocycles. The summed E-state index contributed by atoms with van der Waals surface area (Å²) in [4.78, 5) is 23.4. The minimum Gasteiger partial charge on any atom is -0.366 e. The number of amides is 2. The third-order valence-corrected chi connectivity index (χ3v) is 5.72. The van der Waals surface area contributed by atoms with Gasteiger partial charge in [-0.2, -0.15) is 4.31 Å². The molecule has 0 aromatic heterocycles. The summed E-state index contributed by atoms with van der Waals surface area (Å²) in [6.07, 6.45) is 0. The van der Waals surface area contributed by atoms with Crippen LogP contribution in [0.3, 0.4) is 0 Å². The van der Waals surface area contributed by atoms with Gasteiger partial charge in [0.05, 0.1) is 11.4 Å². The van der Waals surface area contributed by atoms with E-state index < -0.39 is 21.8 Å². The van der Waals surface area contributed by atoms with E-state index in [1.165, 1.54) is 36.4 Å². The zero-order chi connectivity index (χ0) is 19.3. The monoisotopic (exact) mass is 375 g/mol. The van der Waals surface area contributed by atoms with Crippen molar-refractivity contribution in [1.82, 2.24) is 4.31 Å². The van der Waals surface area contributed by atoms with E-state index in [1.54, 1.807) is 19.1 Å². The Morgan fingerprint density at radius 1 is 1.04 bits per heavy atom. The largest absolute Gasteiger partial charge is 0.366 e. The third kappa shape index (κ3) is 4.68. The molecule has 0 atom stereocenters. The van der Waals surface area contributed by atoms with Crippen molar-refractivity contribution in [2.75, 3.05) is 18.4 Å². The van der Waals surface area contributed by atoms with Crippen molar-refractivity contribution >= 4 is 27.5 Å². The first-order valence-corrected chi connectivity index (χ1v) is 9.44. The van der Waals surface area contributed by atoms with E-state index in [4.69, 9.17) is 5.73 Å². The van der Waals surface area contributed by atoms with E-state index >= 15 is 0 Å². The van der Waals surface area contributed by atoms with Gasteiger partial charge in [0.2, 0.25) is 21.8 Å². The lowest BCUT2D eigenvalue weighted by atomic mass is 10.2. The number of hydrogen-bond donors (Lipinski definition) is 2. The molecule has 0 saturated carbocycles. The molecule has 2 rings (SSSR count). The lowest BCUT2D eigenvalue weighted by Gasteiger charge is -2.20. The van der Waals surface area contributed by atoms with Crippen LogP contribution in [-0.2, 0) is 14.8 Å². The molecule has 0 radical (unpaired) electrons. The Labute approximate surface area is 152 Å². The van der Waals surface area contributed by atoms with Gasteiger partial charge in [-0.1, -0.05) is 24.6 Å². The van der Waals surface area contributed by atoms with Crippen molar-refractivity contribution in [3.63, 3.8) is 0 Å². The number of aryl methyl sites for hydroxylation is 1. The number of hydrogen-bond acceptors (Lipinski definition) is 4. The molecule has 26 heavy (non-hydrogen) atoms. The molecule has 0 unspecified atom stereocenters. The third-order valence-electron chi connectivity index (χ3n) is 3.78. The zero-order valence-corrected chi connectivity index (χ0v) is 15.4. The van der Waals surface area contributed by atoms with Crippen LogP contribution in [0.5, 0.6) is 0 Å². The lowest BCUT2D eigenvalue weighted by Crippen LogP contribution is -2.37. The summed E-state index contributed by atoms with van der Waals surface area (Å²) in [6.45, 7) is 3.38. The fraction of sp³-hybridized carbons (Fsp3) is 0.222. The van der Waals surface area contributed by atoms with Crippen LogP contribution in [0.25, 0.3) is 0 Å². The molecule has 2 aromatic carbocycles. The molecule has 0 fully saturated rings. The van der Waals surface area contributed by atoms with Crippen LogP contribution < -0.4 is 11.1 Å². The van der Waals surface area contributed by atoms with E-state index in [2.05, 4.69) is 5.32 Å². The van der Waals surface area contributed by atoms with Crippen LogP contribution in [0.4, 0.5) is 5.69 Å². The molecule has 138 valence electrons. The Bertz CT molecular complexity index is 891. The van der Waals surface area contributed by atoms with E-state index in [9.17, 15) is 18.0 Å². The van der Waals surface area contributed by atoms with Crippen LogP contribution in [0.15, 0.2) is 53.4 Å². The maximum atomic E-state index is 12.7. The number of likely N-dealkylation sites (N-methyl/N-ethyl adjacent to an activating group) is 1. The number of nitrogens with zero attached hydrogens (tertiary/aromatic N) is 1. The molecule has 0 aliphatic carbocycles. The highest BCUT2D eigenvalue weighted by Crippen LogP contribution is 2.16. The smallest absolute Gasteiger partial charge is 0.248 e. The minimum absolute atomic E-state index is 0.142. The molecule has 2 amide bonds. The maximum absolute atomic E-state index is 12.7. The molecular weight excluding hydrogens is 354 g/mol. The van der Waals surface area contributed by atoms with Crippen LogP contribution in [0.2, 0.25) is 0 Å². The average Bonchev–Trinajstić information content (AvgIpc) is 2.60. The van der Waals surface area contributed by atoms with Crippen molar-refractivity contribution < 1.29 is 18.0 Å². The number of benzene rings is 2. The van der Waals surface area contributed by atoms with Crippen LogP contribution in [0.1, 0.15) is 22.8 Å². The van der Waals surface area contributed by atoms with Gasteiger partial charge in [0, 0.05) is 17.8 Å². The quantitative estimate of drug-likeness (QED) is 0.768. The van der Waals surface area contributed by atoms with Crippen molar-refractivity contribution in [2.45, 2.75) is 18.7 Å². The molecule has 0 spiro atoms. The van der Waals surface area contributed by atoms with Crippen LogP contribution >= 0.6 is 0 Å². The van der Waals surface area contributed by atoms with Gasteiger partial charge in [-0.25, -0.2) is 8.42 Å². The highest BCUT2D eigenvalue weighted by atomic mass is 32.2. The Kier molecular flexibility index (Phi) is 6.12. The normalized spacial score (nSPS) is 11.3. The Morgan fingerprint density at radius 3 is 2.12 bits per heavy atom. The topological polar surface area (TPSA) is 110 Å². The van der Waals surface area contributed by atoms with E-state index in [0.717, 1.165) is 9.87 Å². The van der Waals surface area contributed by atoms with Crippen molar-refractivity contribution in [2.24, 2.45) is 5.73 Å². The fourth-order valence-electron chi connectivity index (χ4n) is 2.30. The number of nitrogens with two attached hydrogens (primary N) is 1. The Hall–Kier alpha value is -2.71. The molecule has 0 bridgehead atoms. The Balaban J connectivity index is 2.09. The second-order valence-corrected chi connectivity index (χ2v) is 7.67. The number of carbonyl (C=O) groups excluding carboxylic acids is 2. The van der Waals surface area contributed by atoms with Gasteiger partial charge in [-0.15, -0.1) is 0 Å². The van der Waals surface area contributed by atoms with Crippen LogP contribution in [0, 0.1) is 6.92 Å². The lowest BCUT2D eigenvalue weighted by molar-refractivity contribution is -0.116. The molecule has 8 heteroatoms. The summed E-state index contributed by atoms with van der Waals surface area (Å²) in [5, 5.41) is 2.61. The number of primary amides is 1. The summed E-state index contributed by atoms with van der Waals surface area (Å²) >= 11 is 0. The average molecular weight is 375 g/mol. The number of rotatable bonds is 7. The SMILES string of the molecule is CCN(CC(=O)Nc1ccc(C(N)=O)cc1)S(=O)(=O)c1ccc(C)cc1. The molecular formula is C18H21N3O4S. The summed E-state index contributed by atoms with van der Waals surface area (Å²) < 4.78 is 26.5. The fourth-order valence-corrected chi connectivity index (χ4v) is 3.71. The predicted octanol–water partition coefficient (Wildman–Crippen LogP) is 1.74. The van der Waals surface area contributed by atoms with E-state index in [1.807, 2.05) is 6.92 Å². The molecule has 2 aromatic rings. The first kappa shape index (κ1) is 19.6. The molecule has 7 nitrogen and oxygen atoms in total. The second kappa shape index (κ2) is 8.11. The molecule has 3 N–H and O–H groups in total. The number of sulfonamides is 1. The van der Waals surface area contributed by atoms with Gasteiger partial charge in [-0.3, -0.25) is 9.59 Å². The summed E-state index contributed by atoms with van der Waals surface area (Å²) in [6, 6.07) is 12.5. The number of nitrogens with one attached hydrogen (secondary N) is 1. The van der Waals surface area contributed by atoms with Crippen molar-refractivity contribution in [3.05, 3.63) is 59.7 Å². The van der Waals surface area contributed by atoms with Crippen molar-refractivity contribution in [3.8, 4) is 0 Å². The van der Waals surface area contributed by atoms with Crippen molar-refractivity contribution in [1.29, 1.82) is 0 Å². The van der Waals surface area contributed by atoms with Gasteiger partial charge >= 0.3 is 0 Å². The first-order chi connectivity index (χ1) is 12.2. The molecule has 0 heterocycles. The van der Waals surface area contributed by atoms with Gasteiger partial charge in [0.1, 0.15) is 0 Å². The highest BCUT2D eigenvalue weighted by Gasteiger charge is 2.25.